The van der Waals surface area contributed by atoms with Gasteiger partial charge in [-0.25, -0.2) is 0 Å². The minimum atomic E-state index is -4.56. The van der Waals surface area contributed by atoms with Gasteiger partial charge in [-0.15, -0.1) is 0 Å². The van der Waals surface area contributed by atoms with Crippen LogP contribution < -0.4 is 5.32 Å². The monoisotopic (exact) mass is 313 g/mol. The van der Waals surface area contributed by atoms with E-state index in [-0.39, 0.29) is 23.7 Å². The van der Waals surface area contributed by atoms with Gasteiger partial charge in [-0.05, 0) is 18.2 Å². The summed E-state index contributed by atoms with van der Waals surface area (Å²) in [5.74, 6) is -0.307. The molecule has 1 aliphatic heterocycles. The Morgan fingerprint density at radius 2 is 2.05 bits per heavy atom. The van der Waals surface area contributed by atoms with Crippen molar-refractivity contribution in [2.45, 2.75) is 6.18 Å². The first-order chi connectivity index (χ1) is 10.4. The lowest BCUT2D eigenvalue weighted by atomic mass is 10.1. The summed E-state index contributed by atoms with van der Waals surface area (Å²) in [7, 11) is 0. The Labute approximate surface area is 125 Å². The summed E-state index contributed by atoms with van der Waals surface area (Å²) < 4.78 is 43.9. The van der Waals surface area contributed by atoms with E-state index in [1.807, 2.05) is 0 Å². The minimum absolute atomic E-state index is 0.0920. The quantitative estimate of drug-likeness (QED) is 0.925. The van der Waals surface area contributed by atoms with E-state index in [4.69, 9.17) is 10.00 Å². The summed E-state index contributed by atoms with van der Waals surface area (Å²) in [4.78, 5) is 13.5. The molecule has 1 N–H and O–H groups in total. The predicted molar refractivity (Wildman–Crippen MR) is 72.0 cm³/mol. The summed E-state index contributed by atoms with van der Waals surface area (Å²) in [6.45, 7) is 1.42. The van der Waals surface area contributed by atoms with Crippen LogP contribution in [-0.4, -0.2) is 43.7 Å². The van der Waals surface area contributed by atoms with Crippen LogP contribution in [0, 0.1) is 11.3 Å². The number of hydrogen-bond donors (Lipinski definition) is 1. The molecule has 8 heteroatoms. The molecule has 1 aromatic rings. The fourth-order valence-electron chi connectivity index (χ4n) is 2.10. The summed E-state index contributed by atoms with van der Waals surface area (Å²) in [5.41, 5.74) is -1.08. The van der Waals surface area contributed by atoms with E-state index in [1.54, 1.807) is 6.07 Å². The van der Waals surface area contributed by atoms with Crippen LogP contribution in [0.3, 0.4) is 0 Å². The third-order valence-electron chi connectivity index (χ3n) is 3.25. The highest BCUT2D eigenvalue weighted by atomic mass is 19.4. The number of carbonyl (C=O) groups is 1. The lowest BCUT2D eigenvalue weighted by molar-refractivity contribution is -0.137. The zero-order chi connectivity index (χ0) is 16.2. The van der Waals surface area contributed by atoms with Gasteiger partial charge >= 0.3 is 6.18 Å². The van der Waals surface area contributed by atoms with Crippen LogP contribution in [0.25, 0.3) is 0 Å². The van der Waals surface area contributed by atoms with Crippen LogP contribution in [-0.2, 0) is 15.7 Å². The molecule has 0 aromatic heterocycles. The lowest BCUT2D eigenvalue weighted by Crippen LogP contribution is -2.43. The number of morpholine rings is 1. The normalized spacial score (nSPS) is 15.3. The van der Waals surface area contributed by atoms with Crippen molar-refractivity contribution in [2.24, 2.45) is 0 Å². The van der Waals surface area contributed by atoms with E-state index in [1.165, 1.54) is 4.90 Å². The number of amides is 1. The second-order valence-corrected chi connectivity index (χ2v) is 4.72. The Balaban J connectivity index is 2.10. The molecule has 1 amide bonds. The largest absolute Gasteiger partial charge is 0.418 e. The number of ether oxygens (including phenoxy) is 1. The Bertz CT molecular complexity index is 590. The molecule has 0 radical (unpaired) electrons. The standard InChI is InChI=1S/C14H14F3N3O2/c15-14(16,17)11-2-1-10(8-18)7-12(11)19-9-13(21)20-3-5-22-6-4-20/h1-2,7,19H,3-6,9H2. The number of halogens is 3. The molecule has 22 heavy (non-hydrogen) atoms. The van der Waals surface area contributed by atoms with Crippen molar-refractivity contribution in [1.29, 1.82) is 5.26 Å². The average molecular weight is 313 g/mol. The Morgan fingerprint density at radius 3 is 2.64 bits per heavy atom. The van der Waals surface area contributed by atoms with Gasteiger partial charge in [-0.2, -0.15) is 18.4 Å². The van der Waals surface area contributed by atoms with Crippen LogP contribution >= 0.6 is 0 Å². The van der Waals surface area contributed by atoms with Gasteiger partial charge in [-0.1, -0.05) is 0 Å². The van der Waals surface area contributed by atoms with Crippen LogP contribution in [0.1, 0.15) is 11.1 Å². The summed E-state index contributed by atoms with van der Waals surface area (Å²) in [6, 6.07) is 4.80. The predicted octanol–water partition coefficient (Wildman–Crippen LogP) is 1.85. The van der Waals surface area contributed by atoms with Crippen LogP contribution in [0.2, 0.25) is 0 Å². The van der Waals surface area contributed by atoms with E-state index in [0.29, 0.717) is 26.3 Å². The van der Waals surface area contributed by atoms with Crippen molar-refractivity contribution in [3.8, 4) is 6.07 Å². The summed E-state index contributed by atoms with van der Waals surface area (Å²) in [5, 5.41) is 11.3. The molecule has 0 unspecified atom stereocenters. The topological polar surface area (TPSA) is 65.4 Å². The first-order valence-electron chi connectivity index (χ1n) is 6.62. The molecule has 0 bridgehead atoms. The molecular weight excluding hydrogens is 299 g/mol. The van der Waals surface area contributed by atoms with Crippen molar-refractivity contribution in [3.63, 3.8) is 0 Å². The number of anilines is 1. The summed E-state index contributed by atoms with van der Waals surface area (Å²) in [6.07, 6.45) is -4.56. The van der Waals surface area contributed by atoms with E-state index in [2.05, 4.69) is 5.32 Å². The number of carbonyl (C=O) groups excluding carboxylic acids is 1. The van der Waals surface area contributed by atoms with Crippen LogP contribution in [0.15, 0.2) is 18.2 Å². The van der Waals surface area contributed by atoms with Crippen molar-refractivity contribution < 1.29 is 22.7 Å². The third kappa shape index (κ3) is 3.89. The summed E-state index contributed by atoms with van der Waals surface area (Å²) >= 11 is 0. The molecule has 0 aliphatic carbocycles. The van der Waals surface area contributed by atoms with Crippen LogP contribution in [0.5, 0.6) is 0 Å². The smallest absolute Gasteiger partial charge is 0.378 e. The zero-order valence-electron chi connectivity index (χ0n) is 11.6. The molecule has 1 fully saturated rings. The molecule has 0 atom stereocenters. The number of benzene rings is 1. The molecular formula is C14H14F3N3O2. The molecule has 0 saturated carbocycles. The fraction of sp³-hybridized carbons (Fsp3) is 0.429. The van der Waals surface area contributed by atoms with Gasteiger partial charge in [0.15, 0.2) is 0 Å². The number of alkyl halides is 3. The van der Waals surface area contributed by atoms with Crippen molar-refractivity contribution in [3.05, 3.63) is 29.3 Å². The second-order valence-electron chi connectivity index (χ2n) is 4.72. The Morgan fingerprint density at radius 1 is 1.36 bits per heavy atom. The minimum Gasteiger partial charge on any atom is -0.378 e. The highest BCUT2D eigenvalue weighted by molar-refractivity contribution is 5.81. The van der Waals surface area contributed by atoms with Crippen molar-refractivity contribution >= 4 is 11.6 Å². The van der Waals surface area contributed by atoms with Gasteiger partial charge in [0.1, 0.15) is 0 Å². The van der Waals surface area contributed by atoms with Gasteiger partial charge < -0.3 is 15.0 Å². The molecule has 1 saturated heterocycles. The highest BCUT2D eigenvalue weighted by Crippen LogP contribution is 2.35. The number of nitriles is 1. The van der Waals surface area contributed by atoms with Crippen molar-refractivity contribution in [2.75, 3.05) is 38.2 Å². The molecule has 118 valence electrons. The maximum atomic E-state index is 12.9. The van der Waals surface area contributed by atoms with Gasteiger partial charge in [0.05, 0.1) is 37.0 Å². The molecule has 1 heterocycles. The van der Waals surface area contributed by atoms with Crippen molar-refractivity contribution in [1.82, 2.24) is 4.90 Å². The first-order valence-corrected chi connectivity index (χ1v) is 6.62. The zero-order valence-corrected chi connectivity index (χ0v) is 11.6. The van der Waals surface area contributed by atoms with E-state index in [0.717, 1.165) is 18.2 Å². The van der Waals surface area contributed by atoms with E-state index >= 15 is 0 Å². The molecule has 0 spiro atoms. The van der Waals surface area contributed by atoms with Gasteiger partial charge in [0, 0.05) is 18.8 Å². The number of rotatable bonds is 3. The molecule has 1 aliphatic rings. The SMILES string of the molecule is N#Cc1ccc(C(F)(F)F)c(NCC(=O)N2CCOCC2)c1. The Hall–Kier alpha value is -2.27. The maximum Gasteiger partial charge on any atom is 0.418 e. The van der Waals surface area contributed by atoms with Gasteiger partial charge in [0.2, 0.25) is 5.91 Å². The van der Waals surface area contributed by atoms with E-state index < -0.39 is 11.7 Å². The Kier molecular flexibility index (Phi) is 4.88. The van der Waals surface area contributed by atoms with E-state index in [9.17, 15) is 18.0 Å². The molecule has 5 nitrogen and oxygen atoms in total. The number of nitrogens with zero attached hydrogens (tertiary/aromatic N) is 2. The average Bonchev–Trinajstić information content (AvgIpc) is 2.52. The van der Waals surface area contributed by atoms with Gasteiger partial charge in [0.25, 0.3) is 0 Å². The van der Waals surface area contributed by atoms with Gasteiger partial charge in [-0.3, -0.25) is 4.79 Å². The molecule has 2 rings (SSSR count). The van der Waals surface area contributed by atoms with Crippen LogP contribution in [0.4, 0.5) is 18.9 Å². The number of hydrogen-bond acceptors (Lipinski definition) is 4. The fourth-order valence-corrected chi connectivity index (χ4v) is 2.10. The molecule has 1 aromatic carbocycles. The maximum absolute atomic E-state index is 12.9. The first kappa shape index (κ1) is 16.1. The second kappa shape index (κ2) is 6.66. The highest BCUT2D eigenvalue weighted by Gasteiger charge is 2.33. The number of nitrogens with one attached hydrogen (secondary N) is 1. The third-order valence-corrected chi connectivity index (χ3v) is 3.25. The lowest BCUT2D eigenvalue weighted by Gasteiger charge is -2.27.